The van der Waals surface area contributed by atoms with Crippen molar-refractivity contribution < 1.29 is 8.23 Å². The third kappa shape index (κ3) is 5.69. The molecule has 0 spiro atoms. The van der Waals surface area contributed by atoms with Crippen LogP contribution in [0.2, 0.25) is 51.4 Å². The molecule has 0 aromatic rings. The molecule has 0 saturated heterocycles. The largest absolute Gasteiger partial charge is 0.436 e. The Balaban J connectivity index is 2.84. The van der Waals surface area contributed by atoms with Crippen molar-refractivity contribution in [2.45, 2.75) is 83.5 Å². The number of hydrogen-bond donors (Lipinski definition) is 0. The molecule has 0 N–H and O–H groups in total. The van der Waals surface area contributed by atoms with Crippen LogP contribution in [0, 0.1) is 0 Å². The van der Waals surface area contributed by atoms with Crippen LogP contribution in [-0.4, -0.2) is 25.2 Å². The van der Waals surface area contributed by atoms with Crippen molar-refractivity contribution in [1.29, 1.82) is 0 Å². The lowest BCUT2D eigenvalue weighted by Crippen LogP contribution is -2.55. The minimum absolute atomic E-state index is 0.727. The average molecular weight is 305 g/mol. The Hall–Kier alpha value is 0.571. The van der Waals surface area contributed by atoms with Crippen LogP contribution in [0.25, 0.3) is 0 Å². The zero-order valence-corrected chi connectivity index (χ0v) is 16.4. The van der Waals surface area contributed by atoms with Crippen molar-refractivity contribution in [1.82, 2.24) is 0 Å². The van der Waals surface area contributed by atoms with E-state index in [2.05, 4.69) is 45.8 Å². The van der Waals surface area contributed by atoms with Gasteiger partial charge in [0.15, 0.2) is 16.6 Å². The van der Waals surface area contributed by atoms with Gasteiger partial charge in [-0.1, -0.05) is 19.3 Å². The molecule has 0 aromatic carbocycles. The highest BCUT2D eigenvalue weighted by Crippen LogP contribution is 2.40. The molecule has 1 aliphatic carbocycles. The Bertz CT molecular complexity index is 246. The summed E-state index contributed by atoms with van der Waals surface area (Å²) in [6, 6.07) is 0. The Morgan fingerprint density at radius 2 is 1.06 bits per heavy atom. The lowest BCUT2D eigenvalue weighted by Gasteiger charge is -2.44. The van der Waals surface area contributed by atoms with Gasteiger partial charge < -0.3 is 8.23 Å². The van der Waals surface area contributed by atoms with Gasteiger partial charge in [0.2, 0.25) is 0 Å². The predicted molar refractivity (Wildman–Crippen MR) is 87.3 cm³/mol. The molecular formula is C13H32O2Si3. The van der Waals surface area contributed by atoms with E-state index in [-0.39, 0.29) is 0 Å². The summed E-state index contributed by atoms with van der Waals surface area (Å²) in [6.45, 7) is 16.1. The Kier molecular flexibility index (Phi) is 5.46. The van der Waals surface area contributed by atoms with E-state index in [0.29, 0.717) is 0 Å². The van der Waals surface area contributed by atoms with Gasteiger partial charge in [0.1, 0.15) is 0 Å². The predicted octanol–water partition coefficient (Wildman–Crippen LogP) is 5.10. The second-order valence-electron chi connectivity index (χ2n) is 7.78. The molecule has 108 valence electrons. The van der Waals surface area contributed by atoms with Crippen LogP contribution in [0.3, 0.4) is 0 Å². The van der Waals surface area contributed by atoms with E-state index in [1.54, 1.807) is 0 Å². The molecule has 1 fully saturated rings. The maximum Gasteiger partial charge on any atom is 0.317 e. The summed E-state index contributed by atoms with van der Waals surface area (Å²) in [5.41, 5.74) is 0.727. The molecule has 1 saturated carbocycles. The van der Waals surface area contributed by atoms with Gasteiger partial charge in [-0.15, -0.1) is 0 Å². The van der Waals surface area contributed by atoms with E-state index < -0.39 is 25.2 Å². The molecule has 2 nitrogen and oxygen atoms in total. The lowest BCUT2D eigenvalue weighted by molar-refractivity contribution is 0.333. The summed E-state index contributed by atoms with van der Waals surface area (Å²) in [5, 5.41) is 0. The maximum atomic E-state index is 6.63. The van der Waals surface area contributed by atoms with Gasteiger partial charge >= 0.3 is 8.56 Å². The summed E-state index contributed by atoms with van der Waals surface area (Å²) >= 11 is 0. The van der Waals surface area contributed by atoms with E-state index in [9.17, 15) is 0 Å². The molecule has 18 heavy (non-hydrogen) atoms. The fraction of sp³-hybridized carbons (Fsp3) is 1.00. The van der Waals surface area contributed by atoms with Gasteiger partial charge in [0.25, 0.3) is 0 Å². The van der Waals surface area contributed by atoms with Crippen molar-refractivity contribution in [2.24, 2.45) is 0 Å². The molecule has 1 aliphatic rings. The first-order valence-corrected chi connectivity index (χ1v) is 16.6. The van der Waals surface area contributed by atoms with Crippen molar-refractivity contribution in [3.8, 4) is 0 Å². The van der Waals surface area contributed by atoms with Crippen LogP contribution < -0.4 is 0 Å². The van der Waals surface area contributed by atoms with Gasteiger partial charge in [0.05, 0.1) is 0 Å². The van der Waals surface area contributed by atoms with Crippen molar-refractivity contribution in [3.05, 3.63) is 0 Å². The molecule has 0 radical (unpaired) electrons. The minimum Gasteiger partial charge on any atom is -0.436 e. The normalized spacial score (nSPS) is 20.2. The van der Waals surface area contributed by atoms with Gasteiger partial charge in [-0.05, 0) is 58.7 Å². The van der Waals surface area contributed by atoms with E-state index in [0.717, 1.165) is 5.54 Å². The van der Waals surface area contributed by atoms with Crippen molar-refractivity contribution in [3.63, 3.8) is 0 Å². The van der Waals surface area contributed by atoms with E-state index in [1.165, 1.54) is 32.1 Å². The first-order valence-electron chi connectivity index (χ1n) is 7.42. The number of rotatable bonds is 5. The van der Waals surface area contributed by atoms with Crippen LogP contribution in [0.4, 0.5) is 0 Å². The molecule has 0 aliphatic heterocycles. The minimum atomic E-state index is -2.00. The second kappa shape index (κ2) is 5.91. The first kappa shape index (κ1) is 16.6. The first-order chi connectivity index (χ1) is 8.02. The fourth-order valence-electron chi connectivity index (χ4n) is 3.03. The maximum absolute atomic E-state index is 6.63. The van der Waals surface area contributed by atoms with Crippen LogP contribution in [0.5, 0.6) is 0 Å². The second-order valence-corrected chi connectivity index (χ2v) is 20.7. The third-order valence-electron chi connectivity index (χ3n) is 3.36. The zero-order chi connectivity index (χ0) is 14.0. The summed E-state index contributed by atoms with van der Waals surface area (Å²) < 4.78 is 13.3. The smallest absolute Gasteiger partial charge is 0.317 e. The Morgan fingerprint density at radius 1 is 0.667 bits per heavy atom. The molecule has 0 unspecified atom stereocenters. The summed E-state index contributed by atoms with van der Waals surface area (Å²) in [7, 11) is -5.03. The molecule has 0 aromatic heterocycles. The fourth-order valence-corrected chi connectivity index (χ4v) is 16.1. The molecule has 0 bridgehead atoms. The van der Waals surface area contributed by atoms with Gasteiger partial charge in [-0.3, -0.25) is 0 Å². The Morgan fingerprint density at radius 3 is 1.39 bits per heavy atom. The third-order valence-corrected chi connectivity index (χ3v) is 13.6. The van der Waals surface area contributed by atoms with Crippen LogP contribution in [0.1, 0.15) is 32.1 Å². The molecule has 0 amide bonds. The standard InChI is InChI=1S/C13H32O2Si3/c1-16(2,3)14-18(7,15-17(4,5)6)13-11-9-8-10-12-13/h13H,8-12H2,1-7H3. The SMILES string of the molecule is C[Si](C)(C)O[Si](C)(O[Si](C)(C)C)C1CCCCC1. The Labute approximate surface area is 117 Å². The highest BCUT2D eigenvalue weighted by atomic mass is 28.5. The lowest BCUT2D eigenvalue weighted by atomic mass is 10.0. The van der Waals surface area contributed by atoms with Crippen molar-refractivity contribution >= 4 is 25.2 Å². The van der Waals surface area contributed by atoms with Gasteiger partial charge in [-0.25, -0.2) is 0 Å². The van der Waals surface area contributed by atoms with Crippen LogP contribution >= 0.6 is 0 Å². The summed E-state index contributed by atoms with van der Waals surface area (Å²) in [5.74, 6) is 0. The van der Waals surface area contributed by atoms with E-state index in [4.69, 9.17) is 8.23 Å². The molecule has 1 rings (SSSR count). The zero-order valence-electron chi connectivity index (χ0n) is 13.4. The average Bonchev–Trinajstić information content (AvgIpc) is 2.13. The molecular weight excluding hydrogens is 272 g/mol. The highest BCUT2D eigenvalue weighted by Gasteiger charge is 2.46. The summed E-state index contributed by atoms with van der Waals surface area (Å²) in [6.07, 6.45) is 6.81. The molecule has 0 atom stereocenters. The number of hydrogen-bond acceptors (Lipinski definition) is 2. The molecule has 5 heteroatoms. The van der Waals surface area contributed by atoms with Crippen LogP contribution in [-0.2, 0) is 8.23 Å². The van der Waals surface area contributed by atoms with Gasteiger partial charge in [0, 0.05) is 5.54 Å². The van der Waals surface area contributed by atoms with Crippen molar-refractivity contribution in [2.75, 3.05) is 0 Å². The topological polar surface area (TPSA) is 18.5 Å². The quantitative estimate of drug-likeness (QED) is 0.658. The van der Waals surface area contributed by atoms with Crippen LogP contribution in [0.15, 0.2) is 0 Å². The van der Waals surface area contributed by atoms with E-state index >= 15 is 0 Å². The summed E-state index contributed by atoms with van der Waals surface area (Å²) in [4.78, 5) is 0. The van der Waals surface area contributed by atoms with E-state index in [1.807, 2.05) is 0 Å². The monoisotopic (exact) mass is 304 g/mol. The molecule has 0 heterocycles. The highest BCUT2D eigenvalue weighted by molar-refractivity contribution is 6.88. The van der Waals surface area contributed by atoms with Gasteiger partial charge in [-0.2, -0.15) is 0 Å².